The zero-order valence-electron chi connectivity index (χ0n) is 13.5. The van der Waals surface area contributed by atoms with E-state index in [4.69, 9.17) is 0 Å². The SMILES string of the molecule is C[C@@H]1CCCC[C@@]12NC(=O)N(CC(=O)Nc1cccc(F)c1)C2=O. The fourth-order valence-corrected chi connectivity index (χ4v) is 3.55. The van der Waals surface area contributed by atoms with E-state index in [0.29, 0.717) is 6.42 Å². The van der Waals surface area contributed by atoms with Crippen LogP contribution in [0.25, 0.3) is 0 Å². The lowest BCUT2D eigenvalue weighted by Gasteiger charge is -2.36. The molecule has 1 heterocycles. The lowest BCUT2D eigenvalue weighted by molar-refractivity contribution is -0.136. The maximum Gasteiger partial charge on any atom is 0.325 e. The molecule has 1 saturated carbocycles. The molecule has 3 rings (SSSR count). The Hall–Kier alpha value is -2.44. The number of hydrogen-bond donors (Lipinski definition) is 2. The van der Waals surface area contributed by atoms with E-state index in [1.165, 1.54) is 24.3 Å². The highest BCUT2D eigenvalue weighted by atomic mass is 19.1. The topological polar surface area (TPSA) is 78.5 Å². The molecule has 1 aromatic carbocycles. The van der Waals surface area contributed by atoms with Crippen LogP contribution in [0.5, 0.6) is 0 Å². The number of amides is 4. The van der Waals surface area contributed by atoms with Crippen LogP contribution in [0.2, 0.25) is 0 Å². The Labute approximate surface area is 139 Å². The van der Waals surface area contributed by atoms with Crippen molar-refractivity contribution in [2.24, 2.45) is 5.92 Å². The van der Waals surface area contributed by atoms with Crippen LogP contribution in [0.15, 0.2) is 24.3 Å². The van der Waals surface area contributed by atoms with Gasteiger partial charge in [-0.1, -0.05) is 25.8 Å². The third-order valence-electron chi connectivity index (χ3n) is 4.91. The number of halogens is 1. The van der Waals surface area contributed by atoms with Crippen molar-refractivity contribution in [2.45, 2.75) is 38.1 Å². The van der Waals surface area contributed by atoms with E-state index < -0.39 is 23.3 Å². The smallest absolute Gasteiger partial charge is 0.324 e. The number of imide groups is 1. The number of rotatable bonds is 3. The Morgan fingerprint density at radius 3 is 2.92 bits per heavy atom. The summed E-state index contributed by atoms with van der Waals surface area (Å²) in [6, 6.07) is 4.91. The number of benzene rings is 1. The number of anilines is 1. The Morgan fingerprint density at radius 2 is 2.21 bits per heavy atom. The normalized spacial score (nSPS) is 26.6. The lowest BCUT2D eigenvalue weighted by Crippen LogP contribution is -2.54. The molecule has 1 aliphatic heterocycles. The van der Waals surface area contributed by atoms with Crippen molar-refractivity contribution >= 4 is 23.5 Å². The van der Waals surface area contributed by atoms with Gasteiger partial charge in [-0.2, -0.15) is 0 Å². The van der Waals surface area contributed by atoms with Gasteiger partial charge >= 0.3 is 6.03 Å². The largest absolute Gasteiger partial charge is 0.325 e. The van der Waals surface area contributed by atoms with Crippen LogP contribution in [0.4, 0.5) is 14.9 Å². The molecule has 2 N–H and O–H groups in total. The third-order valence-corrected chi connectivity index (χ3v) is 4.91. The Bertz CT molecular complexity index is 693. The van der Waals surface area contributed by atoms with E-state index in [2.05, 4.69) is 10.6 Å². The predicted molar refractivity (Wildman–Crippen MR) is 85.6 cm³/mol. The van der Waals surface area contributed by atoms with E-state index in [-0.39, 0.29) is 24.1 Å². The highest BCUT2D eigenvalue weighted by Crippen LogP contribution is 2.38. The third kappa shape index (κ3) is 2.86. The fraction of sp³-hybridized carbons (Fsp3) is 0.471. The molecule has 24 heavy (non-hydrogen) atoms. The Kier molecular flexibility index (Phi) is 4.26. The van der Waals surface area contributed by atoms with Gasteiger partial charge in [0.25, 0.3) is 5.91 Å². The Balaban J connectivity index is 1.70. The first kappa shape index (κ1) is 16.4. The summed E-state index contributed by atoms with van der Waals surface area (Å²) in [6.07, 6.45) is 3.38. The summed E-state index contributed by atoms with van der Waals surface area (Å²) in [5.74, 6) is -1.31. The second kappa shape index (κ2) is 6.22. The molecule has 128 valence electrons. The van der Waals surface area contributed by atoms with Crippen LogP contribution < -0.4 is 10.6 Å². The lowest BCUT2D eigenvalue weighted by atomic mass is 9.73. The summed E-state index contributed by atoms with van der Waals surface area (Å²) < 4.78 is 13.1. The molecule has 0 radical (unpaired) electrons. The molecule has 4 amide bonds. The molecule has 1 spiro atoms. The summed E-state index contributed by atoms with van der Waals surface area (Å²) in [4.78, 5) is 38.0. The molecule has 0 aromatic heterocycles. The summed E-state index contributed by atoms with van der Waals surface area (Å²) in [7, 11) is 0. The van der Waals surface area contributed by atoms with Crippen LogP contribution in [-0.2, 0) is 9.59 Å². The number of hydrogen-bond acceptors (Lipinski definition) is 3. The van der Waals surface area contributed by atoms with E-state index in [0.717, 1.165) is 24.2 Å². The number of carbonyl (C=O) groups is 3. The Morgan fingerprint density at radius 1 is 1.42 bits per heavy atom. The minimum atomic E-state index is -0.880. The van der Waals surface area contributed by atoms with E-state index in [1.54, 1.807) is 0 Å². The standard InChI is InChI=1S/C17H20FN3O3/c1-11-5-2-3-8-17(11)15(23)21(16(24)20-17)10-14(22)19-13-7-4-6-12(18)9-13/h4,6-7,9,11H,2-3,5,8,10H2,1H3,(H,19,22)(H,20,24)/t11-,17-/m1/s1. The first-order valence-corrected chi connectivity index (χ1v) is 8.12. The van der Waals surface area contributed by atoms with Gasteiger partial charge < -0.3 is 10.6 Å². The summed E-state index contributed by atoms with van der Waals surface area (Å²) in [5, 5.41) is 5.30. The number of nitrogens with one attached hydrogen (secondary N) is 2. The molecule has 1 saturated heterocycles. The molecule has 0 unspecified atom stereocenters. The van der Waals surface area contributed by atoms with Crippen LogP contribution in [-0.4, -0.2) is 34.8 Å². The first-order valence-electron chi connectivity index (χ1n) is 8.12. The summed E-state index contributed by atoms with van der Waals surface area (Å²) >= 11 is 0. The highest BCUT2D eigenvalue weighted by molar-refractivity contribution is 6.10. The molecule has 1 aromatic rings. The van der Waals surface area contributed by atoms with Crippen molar-refractivity contribution in [1.29, 1.82) is 0 Å². The molecule has 7 heteroatoms. The fourth-order valence-electron chi connectivity index (χ4n) is 3.55. The maximum absolute atomic E-state index is 13.1. The molecule has 1 aliphatic carbocycles. The average Bonchev–Trinajstić information content (AvgIpc) is 2.75. The first-order chi connectivity index (χ1) is 11.4. The number of urea groups is 1. The van der Waals surface area contributed by atoms with Gasteiger partial charge in [-0.25, -0.2) is 9.18 Å². The van der Waals surface area contributed by atoms with Crippen molar-refractivity contribution in [3.63, 3.8) is 0 Å². The van der Waals surface area contributed by atoms with Crippen molar-refractivity contribution in [2.75, 3.05) is 11.9 Å². The molecule has 2 fully saturated rings. The van der Waals surface area contributed by atoms with Crippen molar-refractivity contribution in [3.8, 4) is 0 Å². The molecule has 6 nitrogen and oxygen atoms in total. The van der Waals surface area contributed by atoms with E-state index >= 15 is 0 Å². The van der Waals surface area contributed by atoms with Crippen LogP contribution in [0, 0.1) is 11.7 Å². The quantitative estimate of drug-likeness (QED) is 0.833. The zero-order valence-corrected chi connectivity index (χ0v) is 13.5. The number of nitrogens with zero attached hydrogens (tertiary/aromatic N) is 1. The predicted octanol–water partition coefficient (Wildman–Crippen LogP) is 2.26. The molecule has 2 aliphatic rings. The van der Waals surface area contributed by atoms with Crippen LogP contribution >= 0.6 is 0 Å². The van der Waals surface area contributed by atoms with Gasteiger partial charge in [0.1, 0.15) is 17.9 Å². The molecule has 2 atom stereocenters. The molecular formula is C17H20FN3O3. The second-order valence-corrected chi connectivity index (χ2v) is 6.50. The van der Waals surface area contributed by atoms with Crippen molar-refractivity contribution in [1.82, 2.24) is 10.2 Å². The minimum absolute atomic E-state index is 0.0407. The molecular weight excluding hydrogens is 313 g/mol. The van der Waals surface area contributed by atoms with Crippen LogP contribution in [0.3, 0.4) is 0 Å². The van der Waals surface area contributed by atoms with Gasteiger partial charge in [0.05, 0.1) is 0 Å². The van der Waals surface area contributed by atoms with Gasteiger partial charge in [0, 0.05) is 5.69 Å². The number of carbonyl (C=O) groups excluding carboxylic acids is 3. The van der Waals surface area contributed by atoms with E-state index in [1.807, 2.05) is 6.92 Å². The minimum Gasteiger partial charge on any atom is -0.324 e. The highest BCUT2D eigenvalue weighted by Gasteiger charge is 2.55. The van der Waals surface area contributed by atoms with Crippen LogP contribution in [0.1, 0.15) is 32.6 Å². The van der Waals surface area contributed by atoms with Gasteiger partial charge in [-0.15, -0.1) is 0 Å². The van der Waals surface area contributed by atoms with Crippen molar-refractivity contribution in [3.05, 3.63) is 30.1 Å². The van der Waals surface area contributed by atoms with Gasteiger partial charge in [0.15, 0.2) is 0 Å². The summed E-state index contributed by atoms with van der Waals surface area (Å²) in [6.45, 7) is 1.57. The van der Waals surface area contributed by atoms with Gasteiger partial charge in [-0.05, 0) is 37.0 Å². The van der Waals surface area contributed by atoms with E-state index in [9.17, 15) is 18.8 Å². The molecule has 0 bridgehead atoms. The monoisotopic (exact) mass is 333 g/mol. The van der Waals surface area contributed by atoms with Gasteiger partial charge in [0.2, 0.25) is 5.91 Å². The maximum atomic E-state index is 13.1. The zero-order chi connectivity index (χ0) is 17.3. The average molecular weight is 333 g/mol. The van der Waals surface area contributed by atoms with Crippen molar-refractivity contribution < 1.29 is 18.8 Å². The van der Waals surface area contributed by atoms with Gasteiger partial charge in [-0.3, -0.25) is 14.5 Å². The summed E-state index contributed by atoms with van der Waals surface area (Å²) in [5.41, 5.74) is -0.595. The second-order valence-electron chi connectivity index (χ2n) is 6.50.